The van der Waals surface area contributed by atoms with Crippen LogP contribution in [0.4, 0.5) is 10.1 Å². The van der Waals surface area contributed by atoms with Crippen LogP contribution in [0.25, 0.3) is 11.2 Å². The van der Waals surface area contributed by atoms with Crippen molar-refractivity contribution < 1.29 is 32.1 Å². The van der Waals surface area contributed by atoms with Gasteiger partial charge in [0.05, 0.1) is 24.5 Å². The quantitative estimate of drug-likeness (QED) is 0.0716. The first kappa shape index (κ1) is 42.1. The van der Waals surface area contributed by atoms with E-state index in [1.807, 2.05) is 0 Å². The summed E-state index contributed by atoms with van der Waals surface area (Å²) < 4.78 is 51.1. The zero-order valence-electron chi connectivity index (χ0n) is 33.8. The summed E-state index contributed by atoms with van der Waals surface area (Å²) in [7, 11) is -6.99. The number of nitro groups is 1. The molecule has 3 aromatic rings. The molecule has 16 heteroatoms. The molecule has 0 saturated carbocycles. The van der Waals surface area contributed by atoms with Crippen LogP contribution in [0.3, 0.4) is 0 Å². The van der Waals surface area contributed by atoms with Gasteiger partial charge in [0.1, 0.15) is 18.3 Å². The topological polar surface area (TPSA) is 133 Å². The van der Waals surface area contributed by atoms with E-state index in [0.29, 0.717) is 13.0 Å². The van der Waals surface area contributed by atoms with Gasteiger partial charge < -0.3 is 22.8 Å². The van der Waals surface area contributed by atoms with E-state index in [4.69, 9.17) is 22.8 Å². The number of aromatic nitrogens is 4. The fourth-order valence-corrected chi connectivity index (χ4v) is 8.70. The molecule has 0 amide bonds. The Morgan fingerprint density at radius 1 is 0.846 bits per heavy atom. The Labute approximate surface area is 311 Å². The van der Waals surface area contributed by atoms with Crippen molar-refractivity contribution in [2.24, 2.45) is 0 Å². The summed E-state index contributed by atoms with van der Waals surface area (Å²) in [6, 6.07) is 6.21. The predicted octanol–water partition coefficient (Wildman–Crippen LogP) is 9.20. The molecule has 1 fully saturated rings. The molecular formula is C36H60FN5O7Si3. The van der Waals surface area contributed by atoms with Crippen molar-refractivity contribution >= 4 is 41.8 Å². The van der Waals surface area contributed by atoms with Crippen LogP contribution in [-0.2, 0) is 24.4 Å². The molecule has 1 aliphatic rings. The van der Waals surface area contributed by atoms with E-state index >= 15 is 4.39 Å². The highest BCUT2D eigenvalue weighted by Gasteiger charge is 2.55. The maximum absolute atomic E-state index is 15.2. The van der Waals surface area contributed by atoms with E-state index in [0.717, 1.165) is 5.56 Å². The normalized spacial score (nSPS) is 20.8. The average molecular weight is 778 g/mol. The minimum atomic E-state index is -2.43. The summed E-state index contributed by atoms with van der Waals surface area (Å²) >= 11 is 0. The Balaban J connectivity index is 1.76. The van der Waals surface area contributed by atoms with Crippen LogP contribution in [0.15, 0.2) is 30.6 Å². The van der Waals surface area contributed by atoms with Crippen LogP contribution in [0.2, 0.25) is 54.4 Å². The van der Waals surface area contributed by atoms with E-state index in [2.05, 4.69) is 117 Å². The lowest BCUT2D eigenvalue weighted by atomic mass is 10.1. The largest absolute Gasteiger partial charge is 0.476 e. The number of rotatable bonds is 13. The predicted molar refractivity (Wildman–Crippen MR) is 209 cm³/mol. The fourth-order valence-electron chi connectivity index (χ4n) is 5.08. The number of hydrogen-bond acceptors (Lipinski definition) is 10. The van der Waals surface area contributed by atoms with Crippen molar-refractivity contribution in [2.45, 2.75) is 148 Å². The number of hydrogen-bond donors (Lipinski definition) is 0. The van der Waals surface area contributed by atoms with Gasteiger partial charge in [-0.05, 0) is 60.0 Å². The van der Waals surface area contributed by atoms with Gasteiger partial charge in [-0.25, -0.2) is 4.98 Å². The lowest BCUT2D eigenvalue weighted by molar-refractivity contribution is -0.384. The maximum atomic E-state index is 15.2. The second-order valence-corrected chi connectivity index (χ2v) is 32.8. The van der Waals surface area contributed by atoms with Crippen LogP contribution >= 0.6 is 0 Å². The second kappa shape index (κ2) is 14.9. The Morgan fingerprint density at radius 2 is 1.38 bits per heavy atom. The third-order valence-corrected chi connectivity index (χ3v) is 25.0. The smallest absolute Gasteiger partial charge is 0.314 e. The first-order valence-electron chi connectivity index (χ1n) is 18.1. The number of benzene rings is 1. The Hall–Kier alpha value is -2.61. The van der Waals surface area contributed by atoms with Crippen molar-refractivity contribution in [3.63, 3.8) is 0 Å². The number of nitro benzene ring substituents is 1. The number of nitrogens with zero attached hydrogens (tertiary/aromatic N) is 5. The summed E-state index contributed by atoms with van der Waals surface area (Å²) in [5.41, 5.74) is 1.32. The molecule has 1 aromatic carbocycles. The average Bonchev–Trinajstić information content (AvgIpc) is 3.55. The summed E-state index contributed by atoms with van der Waals surface area (Å²) in [6.45, 7) is 33.6. The third-order valence-electron chi connectivity index (χ3n) is 11.6. The van der Waals surface area contributed by atoms with Crippen molar-refractivity contribution in [1.82, 2.24) is 19.5 Å². The molecule has 0 radical (unpaired) electrons. The SMILES string of the molecule is CC(C)(C)[Si](C)(C)OC[C@H]1O[C@@H](n2cnc3c(OCCc4ccc([N+](=O)[O-])cc4)nc(F)nc32)[C@H](O[Si](C)(C)C(C)(C)C)[C@@H]1O[Si](C)(C)C(C)(C)C. The number of non-ortho nitro benzene ring substituents is 1. The van der Waals surface area contributed by atoms with Crippen molar-refractivity contribution in [3.8, 4) is 5.88 Å². The first-order chi connectivity index (χ1) is 23.6. The van der Waals surface area contributed by atoms with E-state index in [1.54, 1.807) is 23.0 Å². The van der Waals surface area contributed by atoms with Gasteiger partial charge in [0, 0.05) is 18.6 Å². The summed E-state index contributed by atoms with van der Waals surface area (Å²) in [5.74, 6) is -0.00472. The van der Waals surface area contributed by atoms with Crippen molar-refractivity contribution in [2.75, 3.05) is 13.2 Å². The first-order valence-corrected chi connectivity index (χ1v) is 26.8. The zero-order valence-corrected chi connectivity index (χ0v) is 36.8. The summed E-state index contributed by atoms with van der Waals surface area (Å²) in [6.07, 6.45) is -1.27. The molecule has 52 heavy (non-hydrogen) atoms. The highest BCUT2D eigenvalue weighted by atomic mass is 28.4. The van der Waals surface area contributed by atoms with Crippen LogP contribution in [0, 0.1) is 16.2 Å². The van der Waals surface area contributed by atoms with Gasteiger partial charge in [0.2, 0.25) is 5.88 Å². The van der Waals surface area contributed by atoms with Gasteiger partial charge in [-0.3, -0.25) is 14.7 Å². The van der Waals surface area contributed by atoms with Crippen molar-refractivity contribution in [1.29, 1.82) is 0 Å². The number of halogens is 1. The molecule has 1 aliphatic heterocycles. The second-order valence-electron chi connectivity index (χ2n) is 18.5. The third kappa shape index (κ3) is 9.18. The van der Waals surface area contributed by atoms with Gasteiger partial charge in [-0.1, -0.05) is 74.4 Å². The van der Waals surface area contributed by atoms with Crippen molar-refractivity contribution in [3.05, 3.63) is 52.3 Å². The number of ether oxygens (including phenoxy) is 2. The van der Waals surface area contributed by atoms with Crippen LogP contribution < -0.4 is 4.74 Å². The highest BCUT2D eigenvalue weighted by Crippen LogP contribution is 2.47. The molecule has 2 aromatic heterocycles. The minimum absolute atomic E-state index is 0.00472. The van der Waals surface area contributed by atoms with Gasteiger partial charge in [0.15, 0.2) is 42.3 Å². The minimum Gasteiger partial charge on any atom is -0.476 e. The standard InChI is InChI=1S/C36H60FN5O7Si3/c1-34(2,3)50(10,11)46-22-26-28(48-51(12,13)35(4,5)6)29(49-52(14,15)36(7,8)9)32(47-26)41-23-38-27-30(41)39-33(37)40-31(27)45-21-20-24-16-18-25(19-17-24)42(43)44/h16-19,23,26,28-29,32H,20-22H2,1-15H3/t26-,28-,29-,32-/m1/s1. The molecule has 4 rings (SSSR count). The fraction of sp³-hybridized carbons (Fsp3) is 0.694. The molecular weight excluding hydrogens is 718 g/mol. The van der Waals surface area contributed by atoms with Gasteiger partial charge in [-0.15, -0.1) is 0 Å². The molecule has 1 saturated heterocycles. The number of imidazole rings is 1. The molecule has 0 bridgehead atoms. The van der Waals surface area contributed by atoms with Gasteiger partial charge in [-0.2, -0.15) is 14.4 Å². The Kier molecular flexibility index (Phi) is 12.1. The highest BCUT2D eigenvalue weighted by molar-refractivity contribution is 6.75. The molecule has 0 unspecified atom stereocenters. The molecule has 290 valence electrons. The van der Waals surface area contributed by atoms with E-state index in [-0.39, 0.29) is 44.5 Å². The molecule has 12 nitrogen and oxygen atoms in total. The molecule has 0 aliphatic carbocycles. The maximum Gasteiger partial charge on any atom is 0.314 e. The number of fused-ring (bicyclic) bond motifs is 1. The van der Waals surface area contributed by atoms with Crippen LogP contribution in [0.5, 0.6) is 5.88 Å². The van der Waals surface area contributed by atoms with Crippen LogP contribution in [0.1, 0.15) is 74.1 Å². The monoisotopic (exact) mass is 777 g/mol. The van der Waals surface area contributed by atoms with Crippen LogP contribution in [-0.4, -0.2) is 80.9 Å². The molecule has 0 N–H and O–H groups in total. The molecule has 3 heterocycles. The molecule has 0 spiro atoms. The lowest BCUT2D eigenvalue weighted by Crippen LogP contribution is -2.54. The zero-order chi connectivity index (χ0) is 39.2. The van der Waals surface area contributed by atoms with E-state index < -0.39 is 60.5 Å². The summed E-state index contributed by atoms with van der Waals surface area (Å²) in [4.78, 5) is 23.3. The lowest BCUT2D eigenvalue weighted by Gasteiger charge is -2.44. The van der Waals surface area contributed by atoms with E-state index in [9.17, 15) is 10.1 Å². The van der Waals surface area contributed by atoms with Gasteiger partial charge in [0.25, 0.3) is 5.69 Å². The molecule has 4 atom stereocenters. The van der Waals surface area contributed by atoms with Gasteiger partial charge >= 0.3 is 6.08 Å². The van der Waals surface area contributed by atoms with E-state index in [1.165, 1.54) is 12.1 Å². The summed E-state index contributed by atoms with van der Waals surface area (Å²) in [5, 5.41) is 10.8. The Bertz CT molecular complexity index is 1720. The Morgan fingerprint density at radius 3 is 1.90 bits per heavy atom.